The first-order chi connectivity index (χ1) is 19.3. The molecule has 0 N–H and O–H groups in total. The molecule has 10 heteroatoms. The summed E-state index contributed by atoms with van der Waals surface area (Å²) in [5.41, 5.74) is -0.821. The predicted molar refractivity (Wildman–Crippen MR) is 164 cm³/mol. The minimum atomic E-state index is -3.53. The summed E-state index contributed by atoms with van der Waals surface area (Å²) >= 11 is 0. The van der Waals surface area contributed by atoms with Crippen molar-refractivity contribution in [2.75, 3.05) is 28.4 Å². The molecule has 8 nitrogen and oxygen atoms in total. The molecule has 0 aromatic rings. The fourth-order valence-electron chi connectivity index (χ4n) is 4.92. The van der Waals surface area contributed by atoms with Crippen molar-refractivity contribution in [2.24, 2.45) is 0 Å². The Kier molecular flexibility index (Phi) is 26.0. The van der Waals surface area contributed by atoms with Gasteiger partial charge in [0.1, 0.15) is 0 Å². The van der Waals surface area contributed by atoms with Gasteiger partial charge < -0.3 is 18.1 Å². The van der Waals surface area contributed by atoms with Gasteiger partial charge in [-0.1, -0.05) is 128 Å². The van der Waals surface area contributed by atoms with Crippen molar-refractivity contribution in [2.45, 2.75) is 154 Å². The molecule has 0 atom stereocenters. The van der Waals surface area contributed by atoms with Crippen molar-refractivity contribution < 1.29 is 36.8 Å². The van der Waals surface area contributed by atoms with Crippen LogP contribution in [0.1, 0.15) is 154 Å². The highest BCUT2D eigenvalue weighted by Crippen LogP contribution is 2.49. The third-order valence-corrected chi connectivity index (χ3v) is 11.2. The first-order valence-corrected chi connectivity index (χ1v) is 18.9. The highest BCUT2D eigenvalue weighted by molar-refractivity contribution is 7.72. The largest absolute Gasteiger partial charge is 0.396 e. The van der Waals surface area contributed by atoms with Crippen LogP contribution in [0, 0.1) is 0 Å². The quantitative estimate of drug-likeness (QED) is 0.0564. The summed E-state index contributed by atoms with van der Waals surface area (Å²) in [6.45, 7) is 0. The molecule has 0 heterocycles. The highest BCUT2D eigenvalue weighted by atomic mass is 31.2. The predicted octanol–water partition coefficient (Wildman–Crippen LogP) is 10.4. The van der Waals surface area contributed by atoms with E-state index >= 15 is 0 Å². The maximum Gasteiger partial charge on any atom is 0.396 e. The minimum Gasteiger partial charge on any atom is -0.307 e. The van der Waals surface area contributed by atoms with E-state index in [1.54, 1.807) is 0 Å². The maximum atomic E-state index is 11.9. The summed E-state index contributed by atoms with van der Waals surface area (Å²) in [7, 11) is -2.05. The Morgan fingerprint density at radius 2 is 0.500 bits per heavy atom. The van der Waals surface area contributed by atoms with Gasteiger partial charge in [0.25, 0.3) is 0 Å². The van der Waals surface area contributed by atoms with E-state index in [1.165, 1.54) is 131 Å². The number of rotatable bonds is 31. The lowest BCUT2D eigenvalue weighted by Gasteiger charge is -2.11. The molecule has 0 saturated heterocycles. The Bertz CT molecular complexity index is 652. The molecule has 0 fully saturated rings. The molecule has 0 amide bonds. The normalized spacial score (nSPS) is 12.2. The summed E-state index contributed by atoms with van der Waals surface area (Å²) < 4.78 is 42.8. The Labute approximate surface area is 245 Å². The van der Waals surface area contributed by atoms with Gasteiger partial charge in [-0.05, 0) is 12.8 Å². The lowest BCUT2D eigenvalue weighted by Crippen LogP contribution is -2.03. The number of carbonyl (C=O) groups excluding carboxylic acids is 2. The van der Waals surface area contributed by atoms with Gasteiger partial charge in [-0.3, -0.25) is 18.7 Å². The average Bonchev–Trinajstić information content (AvgIpc) is 2.97. The summed E-state index contributed by atoms with van der Waals surface area (Å²) in [6, 6.07) is 0. The third-order valence-electron chi connectivity index (χ3n) is 7.60. The van der Waals surface area contributed by atoms with Crippen LogP contribution in [0.2, 0.25) is 0 Å². The highest BCUT2D eigenvalue weighted by Gasteiger charge is 2.31. The smallest absolute Gasteiger partial charge is 0.307 e. The average molecular weight is 611 g/mol. The third kappa shape index (κ3) is 19.7. The Morgan fingerprint density at radius 1 is 0.350 bits per heavy atom. The first kappa shape index (κ1) is 39.6. The molecule has 40 heavy (non-hydrogen) atoms. The van der Waals surface area contributed by atoms with Crippen LogP contribution >= 0.6 is 15.2 Å². The zero-order chi connectivity index (χ0) is 30.0. The SMILES string of the molecule is COP(=O)(OC)C(=O)CCCCCCCCCCCCCCCCCCCCCCCCC(=O)P(=O)(OC)OC. The van der Waals surface area contributed by atoms with Crippen LogP contribution in [0.15, 0.2) is 0 Å². The van der Waals surface area contributed by atoms with Gasteiger partial charge >= 0.3 is 15.2 Å². The van der Waals surface area contributed by atoms with Gasteiger partial charge in [-0.15, -0.1) is 0 Å². The van der Waals surface area contributed by atoms with Gasteiger partial charge in [0.2, 0.25) is 11.0 Å². The van der Waals surface area contributed by atoms with E-state index < -0.39 is 26.2 Å². The summed E-state index contributed by atoms with van der Waals surface area (Å²) in [5.74, 6) is 0. The van der Waals surface area contributed by atoms with Crippen molar-refractivity contribution >= 4 is 26.2 Å². The molecule has 0 aromatic carbocycles. The lowest BCUT2D eigenvalue weighted by molar-refractivity contribution is -0.114. The molecular weight excluding hydrogens is 550 g/mol. The molecule has 0 aliphatic carbocycles. The number of carbonyl (C=O) groups is 2. The number of unbranched alkanes of at least 4 members (excludes halogenated alkanes) is 21. The molecule has 0 saturated carbocycles. The first-order valence-electron chi connectivity index (χ1n) is 15.8. The molecule has 238 valence electrons. The molecule has 0 aromatic heterocycles. The van der Waals surface area contributed by atoms with Crippen LogP contribution in [0.3, 0.4) is 0 Å². The molecular formula is C30H60O8P2. The lowest BCUT2D eigenvalue weighted by atomic mass is 10.0. The van der Waals surface area contributed by atoms with Crippen LogP contribution in [0.25, 0.3) is 0 Å². The van der Waals surface area contributed by atoms with Gasteiger partial charge in [-0.25, -0.2) is 0 Å². The Hall–Kier alpha value is -0.360. The van der Waals surface area contributed by atoms with Crippen molar-refractivity contribution in [3.8, 4) is 0 Å². The second-order valence-corrected chi connectivity index (χ2v) is 15.2. The van der Waals surface area contributed by atoms with Gasteiger partial charge in [-0.2, -0.15) is 0 Å². The van der Waals surface area contributed by atoms with Gasteiger partial charge in [0, 0.05) is 41.3 Å². The van der Waals surface area contributed by atoms with E-state index in [1.807, 2.05) is 0 Å². The van der Waals surface area contributed by atoms with Crippen LogP contribution in [-0.4, -0.2) is 39.5 Å². The van der Waals surface area contributed by atoms with Gasteiger partial charge in [0.15, 0.2) is 0 Å². The zero-order valence-corrected chi connectivity index (χ0v) is 27.9. The number of hydrogen-bond acceptors (Lipinski definition) is 8. The summed E-state index contributed by atoms with van der Waals surface area (Å²) in [4.78, 5) is 23.7. The topological polar surface area (TPSA) is 105 Å². The summed E-state index contributed by atoms with van der Waals surface area (Å²) in [5, 5.41) is 0. The maximum absolute atomic E-state index is 11.9. The van der Waals surface area contributed by atoms with Crippen LogP contribution < -0.4 is 0 Å². The van der Waals surface area contributed by atoms with E-state index in [4.69, 9.17) is 18.1 Å². The fourth-order valence-corrected chi connectivity index (χ4v) is 6.89. The van der Waals surface area contributed by atoms with E-state index in [0.717, 1.165) is 38.5 Å². The molecule has 0 spiro atoms. The second-order valence-electron chi connectivity index (χ2n) is 10.8. The molecule has 0 rings (SSSR count). The Balaban J connectivity index is 3.30. The summed E-state index contributed by atoms with van der Waals surface area (Å²) in [6.07, 6.45) is 27.3. The van der Waals surface area contributed by atoms with Crippen LogP contribution in [0.5, 0.6) is 0 Å². The van der Waals surface area contributed by atoms with Gasteiger partial charge in [0.05, 0.1) is 0 Å². The second kappa shape index (κ2) is 26.3. The van der Waals surface area contributed by atoms with E-state index in [0.29, 0.717) is 0 Å². The van der Waals surface area contributed by atoms with Crippen LogP contribution in [-0.2, 0) is 36.8 Å². The molecule has 0 bridgehead atoms. The van der Waals surface area contributed by atoms with E-state index in [-0.39, 0.29) is 12.8 Å². The number of hydrogen-bond donors (Lipinski definition) is 0. The van der Waals surface area contributed by atoms with Crippen molar-refractivity contribution in [1.29, 1.82) is 0 Å². The fraction of sp³-hybridized carbons (Fsp3) is 0.933. The standard InChI is InChI=1S/C30H60O8P2/c1-35-39(33,36-2)29(31)27-25-23-21-19-17-15-13-11-9-7-5-6-8-10-12-14-16-18-20-22-24-26-28-30(32)40(34,37-3)38-4/h5-28H2,1-4H3. The van der Waals surface area contributed by atoms with Crippen molar-refractivity contribution in [1.82, 2.24) is 0 Å². The van der Waals surface area contributed by atoms with Crippen molar-refractivity contribution in [3.05, 3.63) is 0 Å². The molecule has 0 aliphatic heterocycles. The minimum absolute atomic E-state index is 0.269. The van der Waals surface area contributed by atoms with Crippen LogP contribution in [0.4, 0.5) is 0 Å². The molecule has 0 aliphatic rings. The Morgan fingerprint density at radius 3 is 0.650 bits per heavy atom. The van der Waals surface area contributed by atoms with E-state index in [9.17, 15) is 18.7 Å². The van der Waals surface area contributed by atoms with E-state index in [2.05, 4.69) is 0 Å². The van der Waals surface area contributed by atoms with Crippen molar-refractivity contribution in [3.63, 3.8) is 0 Å². The monoisotopic (exact) mass is 610 g/mol. The zero-order valence-electron chi connectivity index (χ0n) is 26.1. The molecule has 0 radical (unpaired) electrons. The molecule has 0 unspecified atom stereocenters.